The van der Waals surface area contributed by atoms with Crippen molar-refractivity contribution in [2.75, 3.05) is 26.2 Å². The number of hydrogen-bond donors (Lipinski definition) is 1. The SMILES string of the molecule is CCCOc1cncc(C2(O)CCCN(CC)CC2)c1. The molecular weight excluding hydrogens is 252 g/mol. The molecular formula is C16H26N2O2. The van der Waals surface area contributed by atoms with Crippen molar-refractivity contribution in [3.63, 3.8) is 0 Å². The van der Waals surface area contributed by atoms with Crippen LogP contribution in [0.2, 0.25) is 0 Å². The third kappa shape index (κ3) is 3.70. The molecule has 0 aliphatic carbocycles. The summed E-state index contributed by atoms with van der Waals surface area (Å²) in [7, 11) is 0. The highest BCUT2D eigenvalue weighted by molar-refractivity contribution is 5.28. The van der Waals surface area contributed by atoms with Crippen LogP contribution in [0.4, 0.5) is 0 Å². The molecule has 1 aromatic heterocycles. The molecule has 1 unspecified atom stereocenters. The molecule has 2 heterocycles. The van der Waals surface area contributed by atoms with Crippen molar-refractivity contribution in [1.82, 2.24) is 9.88 Å². The van der Waals surface area contributed by atoms with Crippen LogP contribution in [-0.2, 0) is 5.60 Å². The highest BCUT2D eigenvalue weighted by atomic mass is 16.5. The van der Waals surface area contributed by atoms with E-state index in [1.165, 1.54) is 0 Å². The van der Waals surface area contributed by atoms with E-state index in [0.717, 1.165) is 56.6 Å². The molecule has 1 aromatic rings. The van der Waals surface area contributed by atoms with Crippen molar-refractivity contribution >= 4 is 0 Å². The number of ether oxygens (including phenoxy) is 1. The van der Waals surface area contributed by atoms with E-state index in [1.54, 1.807) is 12.4 Å². The van der Waals surface area contributed by atoms with Gasteiger partial charge in [-0.05, 0) is 44.8 Å². The van der Waals surface area contributed by atoms with Crippen LogP contribution in [0.5, 0.6) is 5.75 Å². The van der Waals surface area contributed by atoms with Crippen LogP contribution < -0.4 is 4.74 Å². The van der Waals surface area contributed by atoms with Crippen LogP contribution in [0, 0.1) is 0 Å². The van der Waals surface area contributed by atoms with Crippen LogP contribution >= 0.6 is 0 Å². The Balaban J connectivity index is 2.12. The van der Waals surface area contributed by atoms with Gasteiger partial charge in [0.1, 0.15) is 5.75 Å². The van der Waals surface area contributed by atoms with Gasteiger partial charge in [-0.1, -0.05) is 13.8 Å². The average Bonchev–Trinajstić information content (AvgIpc) is 2.68. The molecule has 0 aromatic carbocycles. The fraction of sp³-hybridized carbons (Fsp3) is 0.688. The first-order valence-electron chi connectivity index (χ1n) is 7.71. The summed E-state index contributed by atoms with van der Waals surface area (Å²) < 4.78 is 5.62. The van der Waals surface area contributed by atoms with E-state index in [1.807, 2.05) is 6.07 Å². The third-order valence-corrected chi connectivity index (χ3v) is 4.08. The Morgan fingerprint density at radius 1 is 1.30 bits per heavy atom. The Morgan fingerprint density at radius 2 is 2.15 bits per heavy atom. The van der Waals surface area contributed by atoms with E-state index in [9.17, 15) is 5.11 Å². The first-order valence-corrected chi connectivity index (χ1v) is 7.71. The second-order valence-corrected chi connectivity index (χ2v) is 5.58. The predicted molar refractivity (Wildman–Crippen MR) is 79.9 cm³/mol. The Bertz CT molecular complexity index is 425. The molecule has 1 saturated heterocycles. The summed E-state index contributed by atoms with van der Waals surface area (Å²) in [4.78, 5) is 6.62. The molecule has 0 amide bonds. The van der Waals surface area contributed by atoms with Crippen molar-refractivity contribution in [2.24, 2.45) is 0 Å². The van der Waals surface area contributed by atoms with E-state index in [4.69, 9.17) is 4.74 Å². The standard InChI is InChI=1S/C16H26N2O2/c1-3-10-20-15-11-14(12-17-13-15)16(19)6-5-8-18(4-2)9-7-16/h11-13,19H,3-10H2,1-2H3. The molecule has 0 radical (unpaired) electrons. The first-order chi connectivity index (χ1) is 9.68. The number of likely N-dealkylation sites (tertiary alicyclic amines) is 1. The van der Waals surface area contributed by atoms with Crippen LogP contribution in [0.25, 0.3) is 0 Å². The molecule has 20 heavy (non-hydrogen) atoms. The molecule has 1 aliphatic heterocycles. The van der Waals surface area contributed by atoms with Crippen LogP contribution in [0.3, 0.4) is 0 Å². The maximum atomic E-state index is 11.0. The predicted octanol–water partition coefficient (Wildman–Crippen LogP) is 2.56. The summed E-state index contributed by atoms with van der Waals surface area (Å²) in [5, 5.41) is 11.0. The number of aliphatic hydroxyl groups is 1. The lowest BCUT2D eigenvalue weighted by Gasteiger charge is -2.27. The molecule has 1 fully saturated rings. The molecule has 0 saturated carbocycles. The number of rotatable bonds is 5. The van der Waals surface area contributed by atoms with Crippen LogP contribution in [0.1, 0.15) is 45.1 Å². The van der Waals surface area contributed by atoms with Gasteiger partial charge in [0.15, 0.2) is 0 Å². The van der Waals surface area contributed by atoms with Crippen molar-refractivity contribution < 1.29 is 9.84 Å². The molecule has 0 bridgehead atoms. The Hall–Kier alpha value is -1.13. The van der Waals surface area contributed by atoms with E-state index < -0.39 is 5.60 Å². The largest absolute Gasteiger partial charge is 0.492 e. The van der Waals surface area contributed by atoms with Crippen molar-refractivity contribution in [3.05, 3.63) is 24.0 Å². The van der Waals surface area contributed by atoms with Crippen molar-refractivity contribution in [2.45, 2.75) is 45.1 Å². The summed E-state index contributed by atoms with van der Waals surface area (Å²) in [6, 6.07) is 1.95. The fourth-order valence-corrected chi connectivity index (χ4v) is 2.75. The summed E-state index contributed by atoms with van der Waals surface area (Å²) in [6.45, 7) is 7.99. The van der Waals surface area contributed by atoms with Gasteiger partial charge in [-0.2, -0.15) is 0 Å². The average molecular weight is 278 g/mol. The van der Waals surface area contributed by atoms with Crippen molar-refractivity contribution in [1.29, 1.82) is 0 Å². The number of pyridine rings is 1. The molecule has 1 atom stereocenters. The molecule has 4 heteroatoms. The van der Waals surface area contributed by atoms with Gasteiger partial charge < -0.3 is 14.7 Å². The maximum Gasteiger partial charge on any atom is 0.137 e. The third-order valence-electron chi connectivity index (χ3n) is 4.08. The van der Waals surface area contributed by atoms with Gasteiger partial charge >= 0.3 is 0 Å². The van der Waals surface area contributed by atoms with E-state index in [-0.39, 0.29) is 0 Å². The van der Waals surface area contributed by atoms with E-state index in [2.05, 4.69) is 23.7 Å². The number of hydrogen-bond acceptors (Lipinski definition) is 4. The van der Waals surface area contributed by atoms with Crippen LogP contribution in [0.15, 0.2) is 18.5 Å². The highest BCUT2D eigenvalue weighted by Gasteiger charge is 2.32. The normalized spacial score (nSPS) is 24.4. The zero-order valence-electron chi connectivity index (χ0n) is 12.6. The van der Waals surface area contributed by atoms with Gasteiger partial charge in [-0.3, -0.25) is 4.98 Å². The quantitative estimate of drug-likeness (QED) is 0.899. The second-order valence-electron chi connectivity index (χ2n) is 5.58. The monoisotopic (exact) mass is 278 g/mol. The Labute approximate surface area is 121 Å². The molecule has 1 aliphatic rings. The van der Waals surface area contributed by atoms with Gasteiger partial charge in [-0.15, -0.1) is 0 Å². The minimum absolute atomic E-state index is 0.688. The number of aromatic nitrogens is 1. The molecule has 2 rings (SSSR count). The first kappa shape index (κ1) is 15.3. The smallest absolute Gasteiger partial charge is 0.137 e. The fourth-order valence-electron chi connectivity index (χ4n) is 2.75. The minimum atomic E-state index is -0.761. The molecule has 0 spiro atoms. The lowest BCUT2D eigenvalue weighted by atomic mass is 9.88. The lowest BCUT2D eigenvalue weighted by Crippen LogP contribution is -2.29. The Kier molecular flexibility index (Phi) is 5.38. The summed E-state index contributed by atoms with van der Waals surface area (Å²) in [5.41, 5.74) is 0.131. The number of nitrogens with zero attached hydrogens (tertiary/aromatic N) is 2. The van der Waals surface area contributed by atoms with E-state index >= 15 is 0 Å². The topological polar surface area (TPSA) is 45.6 Å². The zero-order valence-corrected chi connectivity index (χ0v) is 12.6. The second kappa shape index (κ2) is 7.04. The van der Waals surface area contributed by atoms with Crippen molar-refractivity contribution in [3.8, 4) is 5.75 Å². The van der Waals surface area contributed by atoms with Gasteiger partial charge in [0.25, 0.3) is 0 Å². The van der Waals surface area contributed by atoms with E-state index in [0.29, 0.717) is 6.61 Å². The maximum absolute atomic E-state index is 11.0. The molecule has 112 valence electrons. The summed E-state index contributed by atoms with van der Waals surface area (Å²) in [6.07, 6.45) is 7.05. The van der Waals surface area contributed by atoms with Gasteiger partial charge in [0.2, 0.25) is 0 Å². The van der Waals surface area contributed by atoms with Crippen LogP contribution in [-0.4, -0.2) is 41.2 Å². The Morgan fingerprint density at radius 3 is 2.90 bits per heavy atom. The molecule has 4 nitrogen and oxygen atoms in total. The summed E-state index contributed by atoms with van der Waals surface area (Å²) in [5.74, 6) is 0.759. The van der Waals surface area contributed by atoms with Gasteiger partial charge in [0.05, 0.1) is 18.4 Å². The highest BCUT2D eigenvalue weighted by Crippen LogP contribution is 2.33. The zero-order chi connectivity index (χ0) is 14.4. The minimum Gasteiger partial charge on any atom is -0.492 e. The van der Waals surface area contributed by atoms with Gasteiger partial charge in [-0.25, -0.2) is 0 Å². The molecule has 1 N–H and O–H groups in total. The summed E-state index contributed by atoms with van der Waals surface area (Å²) >= 11 is 0. The lowest BCUT2D eigenvalue weighted by molar-refractivity contribution is 0.0208. The van der Waals surface area contributed by atoms with Gasteiger partial charge in [0, 0.05) is 18.3 Å².